The molecule has 0 aromatic carbocycles. The van der Waals surface area contributed by atoms with E-state index < -0.39 is 9.84 Å². The van der Waals surface area contributed by atoms with E-state index in [0.29, 0.717) is 18.2 Å². The van der Waals surface area contributed by atoms with Crippen LogP contribution in [0.3, 0.4) is 0 Å². The molecule has 2 fully saturated rings. The highest BCUT2D eigenvalue weighted by Crippen LogP contribution is 2.41. The van der Waals surface area contributed by atoms with Crippen LogP contribution in [0, 0.1) is 5.92 Å². The van der Waals surface area contributed by atoms with Crippen molar-refractivity contribution in [1.82, 2.24) is 9.78 Å². The predicted molar refractivity (Wildman–Crippen MR) is 80.0 cm³/mol. The fourth-order valence-electron chi connectivity index (χ4n) is 2.60. The SMILES string of the molecule is CC(C)C(=O)Nc1cc(C2CC2)nn1[C@H]1CCS(=O)(=O)C1. The number of hydrogen-bond donors (Lipinski definition) is 1. The van der Waals surface area contributed by atoms with Crippen molar-refractivity contribution in [2.75, 3.05) is 16.8 Å². The van der Waals surface area contributed by atoms with E-state index in [-0.39, 0.29) is 29.4 Å². The number of rotatable bonds is 4. The Labute approximate surface area is 124 Å². The Morgan fingerprint density at radius 3 is 2.62 bits per heavy atom. The summed E-state index contributed by atoms with van der Waals surface area (Å²) in [5, 5.41) is 7.45. The fraction of sp³-hybridized carbons (Fsp3) is 0.714. The molecule has 1 aromatic rings. The summed E-state index contributed by atoms with van der Waals surface area (Å²) in [5.74, 6) is 1.23. The highest BCUT2D eigenvalue weighted by Gasteiger charge is 2.34. The van der Waals surface area contributed by atoms with Crippen molar-refractivity contribution in [1.29, 1.82) is 0 Å². The van der Waals surface area contributed by atoms with Gasteiger partial charge in [-0.15, -0.1) is 0 Å². The lowest BCUT2D eigenvalue weighted by Gasteiger charge is -2.14. The molecule has 116 valence electrons. The van der Waals surface area contributed by atoms with E-state index in [1.807, 2.05) is 19.9 Å². The summed E-state index contributed by atoms with van der Waals surface area (Å²) in [4.78, 5) is 11.9. The van der Waals surface area contributed by atoms with Gasteiger partial charge >= 0.3 is 0 Å². The predicted octanol–water partition coefficient (Wildman–Crippen LogP) is 1.71. The number of aromatic nitrogens is 2. The fourth-order valence-corrected chi connectivity index (χ4v) is 4.29. The molecule has 6 nitrogen and oxygen atoms in total. The topological polar surface area (TPSA) is 81.1 Å². The molecule has 1 aromatic heterocycles. The van der Waals surface area contributed by atoms with Gasteiger partial charge in [-0.1, -0.05) is 13.8 Å². The maximum absolute atomic E-state index is 11.9. The minimum Gasteiger partial charge on any atom is -0.311 e. The van der Waals surface area contributed by atoms with Gasteiger partial charge in [-0.05, 0) is 19.3 Å². The Balaban J connectivity index is 1.88. The standard InChI is InChI=1S/C14H21N3O3S/c1-9(2)14(18)15-13-7-12(10-3-4-10)16-17(13)11-5-6-21(19,20)8-11/h7,9-11H,3-6,8H2,1-2H3,(H,15,18)/t11-/m0/s1. The monoisotopic (exact) mass is 311 g/mol. The molecular weight excluding hydrogens is 290 g/mol. The van der Waals surface area contributed by atoms with E-state index in [9.17, 15) is 13.2 Å². The van der Waals surface area contributed by atoms with Gasteiger partial charge < -0.3 is 5.32 Å². The molecule has 2 heterocycles. The lowest BCUT2D eigenvalue weighted by molar-refractivity contribution is -0.118. The second-order valence-corrected chi connectivity index (χ2v) is 8.60. The van der Waals surface area contributed by atoms with Crippen molar-refractivity contribution >= 4 is 21.6 Å². The van der Waals surface area contributed by atoms with Crippen molar-refractivity contribution < 1.29 is 13.2 Å². The first-order valence-electron chi connectivity index (χ1n) is 7.46. The van der Waals surface area contributed by atoms with E-state index in [4.69, 9.17) is 0 Å². The number of carbonyl (C=O) groups is 1. The molecule has 0 spiro atoms. The van der Waals surface area contributed by atoms with Crippen LogP contribution in [0.5, 0.6) is 0 Å². The summed E-state index contributed by atoms with van der Waals surface area (Å²) >= 11 is 0. The van der Waals surface area contributed by atoms with Crippen LogP contribution in [0.15, 0.2) is 6.07 Å². The second-order valence-electron chi connectivity index (χ2n) is 6.37. The lowest BCUT2D eigenvalue weighted by atomic mass is 10.2. The summed E-state index contributed by atoms with van der Waals surface area (Å²) in [6.45, 7) is 3.66. The number of carbonyl (C=O) groups excluding carboxylic acids is 1. The molecule has 1 saturated carbocycles. The van der Waals surface area contributed by atoms with Gasteiger partial charge in [0.1, 0.15) is 5.82 Å². The summed E-state index contributed by atoms with van der Waals surface area (Å²) in [6, 6.07) is 1.74. The maximum atomic E-state index is 11.9. The number of nitrogens with zero attached hydrogens (tertiary/aromatic N) is 2. The van der Waals surface area contributed by atoms with E-state index in [1.54, 1.807) is 4.68 Å². The third-order valence-corrected chi connectivity index (χ3v) is 5.83. The van der Waals surface area contributed by atoms with Crippen molar-refractivity contribution in [3.05, 3.63) is 11.8 Å². The van der Waals surface area contributed by atoms with E-state index >= 15 is 0 Å². The Morgan fingerprint density at radius 1 is 1.38 bits per heavy atom. The maximum Gasteiger partial charge on any atom is 0.228 e. The van der Waals surface area contributed by atoms with E-state index in [0.717, 1.165) is 18.5 Å². The van der Waals surface area contributed by atoms with E-state index in [1.165, 1.54) is 0 Å². The molecule has 1 saturated heterocycles. The molecule has 1 N–H and O–H groups in total. The molecular formula is C14H21N3O3S. The highest BCUT2D eigenvalue weighted by molar-refractivity contribution is 7.91. The minimum absolute atomic E-state index is 0.0700. The smallest absolute Gasteiger partial charge is 0.228 e. The summed E-state index contributed by atoms with van der Waals surface area (Å²) in [5.41, 5.74) is 0.971. The molecule has 1 aliphatic carbocycles. The van der Waals surface area contributed by atoms with Gasteiger partial charge in [-0.3, -0.25) is 4.79 Å². The third kappa shape index (κ3) is 3.12. The lowest BCUT2D eigenvalue weighted by Crippen LogP contribution is -2.22. The van der Waals surface area contributed by atoms with Gasteiger partial charge in [-0.2, -0.15) is 5.10 Å². The average molecular weight is 311 g/mol. The molecule has 0 bridgehead atoms. The Hall–Kier alpha value is -1.37. The Morgan fingerprint density at radius 2 is 2.10 bits per heavy atom. The zero-order chi connectivity index (χ0) is 15.2. The highest BCUT2D eigenvalue weighted by atomic mass is 32.2. The molecule has 1 atom stereocenters. The summed E-state index contributed by atoms with van der Waals surface area (Å²) in [7, 11) is -2.97. The van der Waals surface area contributed by atoms with Crippen LogP contribution in [-0.2, 0) is 14.6 Å². The number of sulfone groups is 1. The molecule has 7 heteroatoms. The van der Waals surface area contributed by atoms with Crippen LogP contribution in [0.4, 0.5) is 5.82 Å². The zero-order valence-corrected chi connectivity index (χ0v) is 13.2. The number of anilines is 1. The molecule has 2 aliphatic rings. The second kappa shape index (κ2) is 5.12. The van der Waals surface area contributed by atoms with Gasteiger partial charge in [0.2, 0.25) is 5.91 Å². The number of amides is 1. The van der Waals surface area contributed by atoms with Gasteiger partial charge in [-0.25, -0.2) is 13.1 Å². The first kappa shape index (κ1) is 14.6. The Kier molecular flexibility index (Phi) is 3.55. The van der Waals surface area contributed by atoms with Crippen LogP contribution in [0.2, 0.25) is 0 Å². The third-order valence-electron chi connectivity index (χ3n) is 4.08. The molecule has 21 heavy (non-hydrogen) atoms. The number of nitrogens with one attached hydrogen (secondary N) is 1. The minimum atomic E-state index is -2.97. The van der Waals surface area contributed by atoms with Crippen LogP contribution in [-0.4, -0.2) is 35.6 Å². The Bertz CT molecular complexity index is 659. The van der Waals surface area contributed by atoms with Crippen molar-refractivity contribution in [2.45, 2.75) is 45.1 Å². The first-order valence-corrected chi connectivity index (χ1v) is 9.28. The summed E-state index contributed by atoms with van der Waals surface area (Å²) < 4.78 is 25.1. The zero-order valence-electron chi connectivity index (χ0n) is 12.4. The van der Waals surface area contributed by atoms with Crippen LogP contribution >= 0.6 is 0 Å². The van der Waals surface area contributed by atoms with Gasteiger partial charge in [0.05, 0.1) is 23.2 Å². The van der Waals surface area contributed by atoms with Gasteiger partial charge in [0.25, 0.3) is 0 Å². The van der Waals surface area contributed by atoms with Crippen molar-refractivity contribution in [3.8, 4) is 0 Å². The molecule has 1 aliphatic heterocycles. The quantitative estimate of drug-likeness (QED) is 0.918. The van der Waals surface area contributed by atoms with E-state index in [2.05, 4.69) is 10.4 Å². The molecule has 3 rings (SSSR count). The molecule has 0 radical (unpaired) electrons. The van der Waals surface area contributed by atoms with Crippen LogP contribution in [0.25, 0.3) is 0 Å². The first-order chi connectivity index (χ1) is 9.85. The molecule has 0 unspecified atom stereocenters. The normalized spacial score (nSPS) is 24.4. The van der Waals surface area contributed by atoms with Crippen LogP contribution in [0.1, 0.15) is 50.8 Å². The average Bonchev–Trinajstić information content (AvgIpc) is 3.07. The van der Waals surface area contributed by atoms with Crippen molar-refractivity contribution in [2.24, 2.45) is 5.92 Å². The van der Waals surface area contributed by atoms with Crippen LogP contribution < -0.4 is 5.32 Å². The van der Waals surface area contributed by atoms with Gasteiger partial charge in [0.15, 0.2) is 9.84 Å². The number of hydrogen-bond acceptors (Lipinski definition) is 4. The summed E-state index contributed by atoms with van der Waals surface area (Å²) in [6.07, 6.45) is 2.81. The van der Waals surface area contributed by atoms with Gasteiger partial charge in [0, 0.05) is 17.9 Å². The van der Waals surface area contributed by atoms with Crippen molar-refractivity contribution in [3.63, 3.8) is 0 Å². The largest absolute Gasteiger partial charge is 0.311 e. The molecule has 1 amide bonds.